The van der Waals surface area contributed by atoms with E-state index >= 15 is 0 Å². The Morgan fingerprint density at radius 2 is 1.76 bits per heavy atom. The van der Waals surface area contributed by atoms with Gasteiger partial charge in [0.05, 0.1) is 0 Å². The summed E-state index contributed by atoms with van der Waals surface area (Å²) >= 11 is 5.96. The molecule has 0 N–H and O–H groups in total. The molecule has 0 aromatic heterocycles. The van der Waals surface area contributed by atoms with Crippen LogP contribution in [0.3, 0.4) is 0 Å². The number of hydrogen-bond acceptors (Lipinski definition) is 1. The zero-order chi connectivity index (χ0) is 12.5. The maximum atomic E-state index is 5.96. The summed E-state index contributed by atoms with van der Waals surface area (Å²) in [6, 6.07) is 8.91. The van der Waals surface area contributed by atoms with E-state index in [9.17, 15) is 0 Å². The molecule has 0 spiro atoms. The molecule has 94 valence electrons. The molecule has 1 heterocycles. The van der Waals surface area contributed by atoms with Crippen LogP contribution in [0.4, 0.5) is 5.69 Å². The number of nitrogens with zero attached hydrogens (tertiary/aromatic N) is 1. The Morgan fingerprint density at radius 3 is 2.35 bits per heavy atom. The Labute approximate surface area is 110 Å². The van der Waals surface area contributed by atoms with Crippen molar-refractivity contribution < 1.29 is 0 Å². The summed E-state index contributed by atoms with van der Waals surface area (Å²) in [7, 11) is 0. The Balaban J connectivity index is 2.25. The molecular weight excluding hydrogens is 230 g/mol. The Morgan fingerprint density at radius 1 is 1.12 bits per heavy atom. The van der Waals surface area contributed by atoms with Crippen LogP contribution in [0.2, 0.25) is 5.02 Å². The fraction of sp³-hybridized carbons (Fsp3) is 0.600. The number of piperidine rings is 1. The van der Waals surface area contributed by atoms with E-state index in [0.29, 0.717) is 11.5 Å². The van der Waals surface area contributed by atoms with E-state index < -0.39 is 0 Å². The molecule has 1 saturated heterocycles. The fourth-order valence-corrected chi connectivity index (χ4v) is 2.90. The minimum atomic E-state index is 0.333. The van der Waals surface area contributed by atoms with E-state index in [2.05, 4.69) is 37.8 Å². The molecule has 1 aromatic rings. The molecule has 2 rings (SSSR count). The van der Waals surface area contributed by atoms with Gasteiger partial charge in [-0.25, -0.2) is 0 Å². The van der Waals surface area contributed by atoms with E-state index in [-0.39, 0.29) is 0 Å². The molecule has 1 aromatic carbocycles. The van der Waals surface area contributed by atoms with Crippen LogP contribution >= 0.6 is 11.6 Å². The standard InChI is InChI=1S/C15H22ClN/c1-15(2,3)14-6-4-5-11-17(14)13-9-7-12(16)8-10-13/h7-10,14H,4-6,11H2,1-3H3. The van der Waals surface area contributed by atoms with Gasteiger partial charge in [0.2, 0.25) is 0 Å². The van der Waals surface area contributed by atoms with Gasteiger partial charge in [0.15, 0.2) is 0 Å². The van der Waals surface area contributed by atoms with Gasteiger partial charge in [-0.05, 0) is 48.9 Å². The van der Waals surface area contributed by atoms with Gasteiger partial charge in [-0.3, -0.25) is 0 Å². The Bertz CT molecular complexity index is 364. The molecule has 0 saturated carbocycles. The van der Waals surface area contributed by atoms with Crippen molar-refractivity contribution in [3.8, 4) is 0 Å². The second kappa shape index (κ2) is 4.89. The predicted octanol–water partition coefficient (Wildman–Crippen LogP) is 4.75. The van der Waals surface area contributed by atoms with Crippen LogP contribution in [0, 0.1) is 5.41 Å². The molecule has 1 aliphatic rings. The quantitative estimate of drug-likeness (QED) is 0.697. The highest BCUT2D eigenvalue weighted by molar-refractivity contribution is 6.30. The maximum absolute atomic E-state index is 5.96. The Hall–Kier alpha value is -0.690. The highest BCUT2D eigenvalue weighted by Gasteiger charge is 2.32. The topological polar surface area (TPSA) is 3.24 Å². The lowest BCUT2D eigenvalue weighted by Gasteiger charge is -2.45. The van der Waals surface area contributed by atoms with Crippen LogP contribution in [0.1, 0.15) is 40.0 Å². The Kier molecular flexibility index (Phi) is 3.67. The van der Waals surface area contributed by atoms with Crippen molar-refractivity contribution in [1.29, 1.82) is 0 Å². The van der Waals surface area contributed by atoms with E-state index in [1.54, 1.807) is 0 Å². The minimum absolute atomic E-state index is 0.333. The molecule has 1 unspecified atom stereocenters. The van der Waals surface area contributed by atoms with Crippen LogP contribution < -0.4 is 4.90 Å². The third-order valence-corrected chi connectivity index (χ3v) is 3.91. The first-order valence-electron chi connectivity index (χ1n) is 6.51. The maximum Gasteiger partial charge on any atom is 0.0407 e. The highest BCUT2D eigenvalue weighted by atomic mass is 35.5. The molecule has 2 heteroatoms. The van der Waals surface area contributed by atoms with Crippen LogP contribution in [-0.2, 0) is 0 Å². The smallest absolute Gasteiger partial charge is 0.0407 e. The molecular formula is C15H22ClN. The zero-order valence-corrected chi connectivity index (χ0v) is 11.8. The van der Waals surface area contributed by atoms with Crippen molar-refractivity contribution in [1.82, 2.24) is 0 Å². The molecule has 17 heavy (non-hydrogen) atoms. The van der Waals surface area contributed by atoms with Gasteiger partial charge >= 0.3 is 0 Å². The summed E-state index contributed by atoms with van der Waals surface area (Å²) in [5, 5.41) is 0.818. The number of hydrogen-bond donors (Lipinski definition) is 0. The van der Waals surface area contributed by atoms with E-state index in [4.69, 9.17) is 11.6 Å². The summed E-state index contributed by atoms with van der Waals surface area (Å²) in [5.74, 6) is 0. The van der Waals surface area contributed by atoms with Crippen molar-refractivity contribution in [3.63, 3.8) is 0 Å². The summed E-state index contributed by atoms with van der Waals surface area (Å²) in [4.78, 5) is 2.56. The average Bonchev–Trinajstić information content (AvgIpc) is 2.29. The molecule has 1 fully saturated rings. The number of rotatable bonds is 1. The van der Waals surface area contributed by atoms with Crippen molar-refractivity contribution in [2.75, 3.05) is 11.4 Å². The van der Waals surface area contributed by atoms with Gasteiger partial charge in [0.25, 0.3) is 0 Å². The first-order valence-corrected chi connectivity index (χ1v) is 6.88. The van der Waals surface area contributed by atoms with Crippen molar-refractivity contribution in [2.24, 2.45) is 5.41 Å². The average molecular weight is 252 g/mol. The second-order valence-corrected chi connectivity index (χ2v) is 6.48. The van der Waals surface area contributed by atoms with Gasteiger partial charge in [-0.1, -0.05) is 32.4 Å². The number of anilines is 1. The minimum Gasteiger partial charge on any atom is -0.368 e. The van der Waals surface area contributed by atoms with E-state index in [0.717, 1.165) is 5.02 Å². The molecule has 1 nitrogen and oxygen atoms in total. The van der Waals surface area contributed by atoms with Crippen LogP contribution in [0.15, 0.2) is 24.3 Å². The van der Waals surface area contributed by atoms with Gasteiger partial charge in [0.1, 0.15) is 0 Å². The van der Waals surface area contributed by atoms with E-state index in [1.165, 1.54) is 31.5 Å². The predicted molar refractivity (Wildman–Crippen MR) is 75.9 cm³/mol. The van der Waals surface area contributed by atoms with Crippen molar-refractivity contribution in [3.05, 3.63) is 29.3 Å². The lowest BCUT2D eigenvalue weighted by atomic mass is 9.80. The fourth-order valence-electron chi connectivity index (χ4n) is 2.77. The van der Waals surface area contributed by atoms with Crippen LogP contribution in [0.5, 0.6) is 0 Å². The number of halogens is 1. The first-order chi connectivity index (χ1) is 7.98. The first kappa shape index (κ1) is 12.8. The van der Waals surface area contributed by atoms with Gasteiger partial charge in [0, 0.05) is 23.3 Å². The zero-order valence-electron chi connectivity index (χ0n) is 11.0. The normalized spacial score (nSPS) is 21.6. The lowest BCUT2D eigenvalue weighted by Crippen LogP contribution is -2.47. The van der Waals surface area contributed by atoms with Crippen molar-refractivity contribution in [2.45, 2.75) is 46.1 Å². The second-order valence-electron chi connectivity index (χ2n) is 6.05. The molecule has 0 amide bonds. The lowest BCUT2D eigenvalue weighted by molar-refractivity contribution is 0.261. The SMILES string of the molecule is CC(C)(C)C1CCCCN1c1ccc(Cl)cc1. The van der Waals surface area contributed by atoms with Gasteiger partial charge in [-0.2, -0.15) is 0 Å². The third kappa shape index (κ3) is 2.95. The molecule has 0 radical (unpaired) electrons. The molecule has 0 aliphatic carbocycles. The highest BCUT2D eigenvalue weighted by Crippen LogP contribution is 2.35. The van der Waals surface area contributed by atoms with Gasteiger partial charge < -0.3 is 4.90 Å². The summed E-state index contributed by atoms with van der Waals surface area (Å²) in [5.41, 5.74) is 1.65. The van der Waals surface area contributed by atoms with Gasteiger partial charge in [-0.15, -0.1) is 0 Å². The largest absolute Gasteiger partial charge is 0.368 e. The molecule has 1 aliphatic heterocycles. The molecule has 1 atom stereocenters. The summed E-state index contributed by atoms with van der Waals surface area (Å²) < 4.78 is 0. The molecule has 0 bridgehead atoms. The van der Waals surface area contributed by atoms with Crippen LogP contribution in [0.25, 0.3) is 0 Å². The third-order valence-electron chi connectivity index (χ3n) is 3.66. The summed E-state index contributed by atoms with van der Waals surface area (Å²) in [6.45, 7) is 8.19. The number of benzene rings is 1. The summed E-state index contributed by atoms with van der Waals surface area (Å²) in [6.07, 6.45) is 3.95. The van der Waals surface area contributed by atoms with Crippen molar-refractivity contribution >= 4 is 17.3 Å². The van der Waals surface area contributed by atoms with E-state index in [1.807, 2.05) is 12.1 Å². The monoisotopic (exact) mass is 251 g/mol. The van der Waals surface area contributed by atoms with Crippen LogP contribution in [-0.4, -0.2) is 12.6 Å².